The van der Waals surface area contributed by atoms with Crippen molar-refractivity contribution in [2.24, 2.45) is 0 Å². The van der Waals surface area contributed by atoms with E-state index in [0.29, 0.717) is 46.6 Å². The fraction of sp³-hybridized carbons (Fsp3) is 0.160. The second kappa shape index (κ2) is 8.62. The number of hydrogen-bond acceptors (Lipinski definition) is 5. The monoisotopic (exact) mass is 512 g/mol. The molecule has 162 valence electrons. The molecule has 3 aromatic rings. The zero-order valence-electron chi connectivity index (χ0n) is 17.1. The smallest absolute Gasteiger partial charge is 0.231 e. The quantitative estimate of drug-likeness (QED) is 0.374. The van der Waals surface area contributed by atoms with E-state index in [9.17, 15) is 4.79 Å². The molecule has 0 fully saturated rings. The minimum Gasteiger partial charge on any atom is -0.488 e. The van der Waals surface area contributed by atoms with Crippen LogP contribution in [0.3, 0.4) is 0 Å². The SMILES string of the molecule is Cc1c(OCc2ccc(Br)cc2)ccc2c1O/C(=C\c1cc(Cl)cc3c1OCOC3)C2=O. The molecule has 0 amide bonds. The molecule has 2 aliphatic rings. The summed E-state index contributed by atoms with van der Waals surface area (Å²) in [7, 11) is 0. The second-order valence-corrected chi connectivity index (χ2v) is 8.87. The first kappa shape index (κ1) is 21.1. The number of Topliss-reactive ketones (excluding diaryl/α,β-unsaturated/α-hetero) is 1. The van der Waals surface area contributed by atoms with E-state index >= 15 is 0 Å². The Morgan fingerprint density at radius 2 is 1.94 bits per heavy atom. The highest BCUT2D eigenvalue weighted by Crippen LogP contribution is 2.41. The third-order valence-electron chi connectivity index (χ3n) is 5.33. The molecule has 0 aliphatic carbocycles. The maximum absolute atomic E-state index is 13.0. The molecule has 0 unspecified atom stereocenters. The van der Waals surface area contributed by atoms with Crippen molar-refractivity contribution in [2.75, 3.05) is 6.79 Å². The highest BCUT2D eigenvalue weighted by atomic mass is 79.9. The standard InChI is InChI=1S/C25H18BrClO5/c1-14-21(30-11-15-2-4-18(26)5-3-15)7-6-20-23(28)22(32-24(14)20)10-16-8-19(27)9-17-12-29-13-31-25(16)17/h2-10H,11-13H2,1H3/b22-10-. The van der Waals surface area contributed by atoms with E-state index in [2.05, 4.69) is 15.9 Å². The van der Waals surface area contributed by atoms with Gasteiger partial charge in [0.15, 0.2) is 12.6 Å². The van der Waals surface area contributed by atoms with Crippen LogP contribution in [0.15, 0.2) is 58.8 Å². The molecule has 5 nitrogen and oxygen atoms in total. The molecule has 2 aliphatic heterocycles. The Balaban J connectivity index is 1.42. The van der Waals surface area contributed by atoms with Gasteiger partial charge in [-0.05, 0) is 55.0 Å². The van der Waals surface area contributed by atoms with Gasteiger partial charge in [0.25, 0.3) is 0 Å². The van der Waals surface area contributed by atoms with E-state index in [1.165, 1.54) is 0 Å². The molecule has 0 aromatic heterocycles. The molecule has 0 atom stereocenters. The van der Waals surface area contributed by atoms with Crippen molar-refractivity contribution in [2.45, 2.75) is 20.1 Å². The molecule has 32 heavy (non-hydrogen) atoms. The van der Waals surface area contributed by atoms with Crippen molar-refractivity contribution in [3.63, 3.8) is 0 Å². The lowest BCUT2D eigenvalue weighted by Gasteiger charge is -2.20. The first-order valence-electron chi connectivity index (χ1n) is 9.97. The van der Waals surface area contributed by atoms with Gasteiger partial charge in [0, 0.05) is 26.2 Å². The van der Waals surface area contributed by atoms with Crippen LogP contribution in [-0.4, -0.2) is 12.6 Å². The number of allylic oxidation sites excluding steroid dienone is 1. The lowest BCUT2D eigenvalue weighted by Crippen LogP contribution is -2.12. The average Bonchev–Trinajstić information content (AvgIpc) is 3.10. The molecule has 3 aromatic carbocycles. The van der Waals surface area contributed by atoms with Gasteiger partial charge in [-0.3, -0.25) is 4.79 Å². The summed E-state index contributed by atoms with van der Waals surface area (Å²) >= 11 is 9.68. The first-order valence-corrected chi connectivity index (χ1v) is 11.1. The largest absolute Gasteiger partial charge is 0.488 e. The van der Waals surface area contributed by atoms with Gasteiger partial charge < -0.3 is 18.9 Å². The van der Waals surface area contributed by atoms with E-state index in [-0.39, 0.29) is 18.3 Å². The number of rotatable bonds is 4. The Morgan fingerprint density at radius 1 is 1.12 bits per heavy atom. The number of benzene rings is 3. The summed E-state index contributed by atoms with van der Waals surface area (Å²) in [6, 6.07) is 15.0. The Labute approximate surface area is 198 Å². The molecule has 2 heterocycles. The predicted octanol–water partition coefficient (Wildman–Crippen LogP) is 6.47. The van der Waals surface area contributed by atoms with Crippen LogP contribution in [0.4, 0.5) is 0 Å². The van der Waals surface area contributed by atoms with Gasteiger partial charge in [-0.2, -0.15) is 0 Å². The number of carbonyl (C=O) groups excluding carboxylic acids is 1. The van der Waals surface area contributed by atoms with Gasteiger partial charge in [0.2, 0.25) is 5.78 Å². The van der Waals surface area contributed by atoms with Crippen LogP contribution in [0.1, 0.15) is 32.6 Å². The van der Waals surface area contributed by atoms with Gasteiger partial charge in [0.1, 0.15) is 23.9 Å². The Kier molecular flexibility index (Phi) is 5.67. The Bertz CT molecular complexity index is 1250. The average molecular weight is 514 g/mol. The molecule has 5 rings (SSSR count). The van der Waals surface area contributed by atoms with Crippen LogP contribution in [0.2, 0.25) is 5.02 Å². The van der Waals surface area contributed by atoms with Gasteiger partial charge in [-0.25, -0.2) is 0 Å². The van der Waals surface area contributed by atoms with Crippen LogP contribution in [0, 0.1) is 6.92 Å². The van der Waals surface area contributed by atoms with Crippen molar-refractivity contribution < 1.29 is 23.7 Å². The van der Waals surface area contributed by atoms with Crippen molar-refractivity contribution in [3.05, 3.63) is 91.6 Å². The van der Waals surface area contributed by atoms with E-state index in [1.807, 2.05) is 31.2 Å². The second-order valence-electron chi connectivity index (χ2n) is 7.51. The van der Waals surface area contributed by atoms with Gasteiger partial charge in [-0.15, -0.1) is 0 Å². The van der Waals surface area contributed by atoms with Crippen LogP contribution in [-0.2, 0) is 18.0 Å². The van der Waals surface area contributed by atoms with Crippen molar-refractivity contribution in [1.82, 2.24) is 0 Å². The highest BCUT2D eigenvalue weighted by molar-refractivity contribution is 9.10. The fourth-order valence-corrected chi connectivity index (χ4v) is 4.24. The number of ether oxygens (including phenoxy) is 4. The number of hydrogen-bond donors (Lipinski definition) is 0. The zero-order chi connectivity index (χ0) is 22.2. The summed E-state index contributed by atoms with van der Waals surface area (Å²) in [6.45, 7) is 2.85. The minimum atomic E-state index is -0.191. The lowest BCUT2D eigenvalue weighted by atomic mass is 10.0. The van der Waals surface area contributed by atoms with E-state index in [1.54, 1.807) is 30.3 Å². The predicted molar refractivity (Wildman–Crippen MR) is 124 cm³/mol. The minimum absolute atomic E-state index is 0.151. The van der Waals surface area contributed by atoms with E-state index < -0.39 is 0 Å². The topological polar surface area (TPSA) is 54.0 Å². The maximum atomic E-state index is 13.0. The number of halogens is 2. The summed E-state index contributed by atoms with van der Waals surface area (Å²) < 4.78 is 24.0. The Hall–Kier alpha value is -2.80. The molecule has 0 saturated heterocycles. The van der Waals surface area contributed by atoms with Crippen molar-refractivity contribution >= 4 is 39.4 Å². The van der Waals surface area contributed by atoms with Crippen molar-refractivity contribution in [1.29, 1.82) is 0 Å². The molecule has 0 saturated carbocycles. The normalized spacial score (nSPS) is 15.7. The maximum Gasteiger partial charge on any atom is 0.231 e. The van der Waals surface area contributed by atoms with Gasteiger partial charge >= 0.3 is 0 Å². The molecular weight excluding hydrogens is 496 g/mol. The van der Waals surface area contributed by atoms with Gasteiger partial charge in [-0.1, -0.05) is 39.7 Å². The highest BCUT2D eigenvalue weighted by Gasteiger charge is 2.31. The Morgan fingerprint density at radius 3 is 2.75 bits per heavy atom. The summed E-state index contributed by atoms with van der Waals surface area (Å²) in [5.74, 6) is 1.85. The molecule has 0 bridgehead atoms. The summed E-state index contributed by atoms with van der Waals surface area (Å²) in [5.41, 5.74) is 3.83. The summed E-state index contributed by atoms with van der Waals surface area (Å²) in [6.07, 6.45) is 1.67. The first-order chi connectivity index (χ1) is 15.5. The third-order valence-corrected chi connectivity index (χ3v) is 6.08. The summed E-state index contributed by atoms with van der Waals surface area (Å²) in [4.78, 5) is 13.0. The van der Waals surface area contributed by atoms with Crippen LogP contribution < -0.4 is 14.2 Å². The molecule has 0 spiro atoms. The van der Waals surface area contributed by atoms with E-state index in [4.69, 9.17) is 30.5 Å². The molecule has 0 N–H and O–H groups in total. The summed E-state index contributed by atoms with van der Waals surface area (Å²) in [5, 5.41) is 0.535. The van der Waals surface area contributed by atoms with Crippen molar-refractivity contribution in [3.8, 4) is 17.2 Å². The molecule has 7 heteroatoms. The van der Waals surface area contributed by atoms with Crippen LogP contribution in [0.25, 0.3) is 6.08 Å². The number of fused-ring (bicyclic) bond motifs is 2. The third kappa shape index (κ3) is 4.01. The lowest BCUT2D eigenvalue weighted by molar-refractivity contribution is -0.0165. The van der Waals surface area contributed by atoms with Gasteiger partial charge in [0.05, 0.1) is 12.2 Å². The molecule has 0 radical (unpaired) electrons. The zero-order valence-corrected chi connectivity index (χ0v) is 19.5. The molecular formula is C25H18BrClO5. The number of carbonyl (C=O) groups is 1. The van der Waals surface area contributed by atoms with Crippen LogP contribution in [0.5, 0.6) is 17.2 Å². The fourth-order valence-electron chi connectivity index (χ4n) is 3.72. The van der Waals surface area contributed by atoms with Crippen LogP contribution >= 0.6 is 27.5 Å². The van der Waals surface area contributed by atoms with E-state index in [0.717, 1.165) is 21.2 Å². The number of ketones is 1.